The highest BCUT2D eigenvalue weighted by molar-refractivity contribution is 5.84. The van der Waals surface area contributed by atoms with Gasteiger partial charge in [0.15, 0.2) is 11.5 Å². The van der Waals surface area contributed by atoms with Crippen molar-refractivity contribution >= 4 is 22.9 Å². The first-order chi connectivity index (χ1) is 9.59. The van der Waals surface area contributed by atoms with Gasteiger partial charge in [-0.1, -0.05) is 0 Å². The van der Waals surface area contributed by atoms with E-state index in [-0.39, 0.29) is 5.60 Å². The van der Waals surface area contributed by atoms with Crippen molar-refractivity contribution in [3.05, 3.63) is 6.33 Å². The molecule has 7 heteroatoms. The monoisotopic (exact) mass is 276 g/mol. The highest BCUT2D eigenvalue weighted by Crippen LogP contribution is 2.27. The number of fused-ring (bicyclic) bond motifs is 1. The molecule has 1 aliphatic heterocycles. The fourth-order valence-electron chi connectivity index (χ4n) is 2.48. The van der Waals surface area contributed by atoms with E-state index in [0.717, 1.165) is 31.0 Å². The normalized spacial score (nSPS) is 18.4. The Hall–Kier alpha value is -1.89. The first kappa shape index (κ1) is 13.1. The summed E-state index contributed by atoms with van der Waals surface area (Å²) in [4.78, 5) is 18.6. The molecular formula is C13H20N6O. The summed E-state index contributed by atoms with van der Waals surface area (Å²) < 4.78 is 5.76. The summed E-state index contributed by atoms with van der Waals surface area (Å²) in [6.07, 6.45) is 1.66. The quantitative estimate of drug-likeness (QED) is 0.882. The van der Waals surface area contributed by atoms with E-state index >= 15 is 0 Å². The number of rotatable bonds is 3. The average Bonchev–Trinajstić information content (AvgIpc) is 2.85. The lowest BCUT2D eigenvalue weighted by molar-refractivity contribution is -0.0278. The number of anilines is 2. The molecule has 0 radical (unpaired) electrons. The summed E-state index contributed by atoms with van der Waals surface area (Å²) in [5.41, 5.74) is 1.40. The number of morpholine rings is 1. The molecule has 0 unspecified atom stereocenters. The van der Waals surface area contributed by atoms with Gasteiger partial charge in [-0.25, -0.2) is 4.98 Å². The van der Waals surface area contributed by atoms with E-state index in [1.807, 2.05) is 6.92 Å². The minimum Gasteiger partial charge on any atom is -0.372 e. The smallest absolute Gasteiger partial charge is 0.226 e. The number of H-pyrrole nitrogens is 1. The molecule has 0 aromatic carbocycles. The Morgan fingerprint density at radius 2 is 2.30 bits per heavy atom. The average molecular weight is 276 g/mol. The second kappa shape index (κ2) is 4.90. The van der Waals surface area contributed by atoms with Gasteiger partial charge >= 0.3 is 0 Å². The molecule has 0 spiro atoms. The summed E-state index contributed by atoms with van der Waals surface area (Å²) in [6, 6.07) is 0. The van der Waals surface area contributed by atoms with E-state index in [0.29, 0.717) is 18.2 Å². The molecule has 0 aliphatic carbocycles. The van der Waals surface area contributed by atoms with Crippen LogP contribution < -0.4 is 10.2 Å². The van der Waals surface area contributed by atoms with Crippen LogP contribution in [0.15, 0.2) is 6.33 Å². The summed E-state index contributed by atoms with van der Waals surface area (Å²) in [6.45, 7) is 9.30. The van der Waals surface area contributed by atoms with Gasteiger partial charge in [-0.05, 0) is 20.8 Å². The molecular weight excluding hydrogens is 256 g/mol. The number of aromatic nitrogens is 4. The van der Waals surface area contributed by atoms with Crippen LogP contribution in [0.25, 0.3) is 11.2 Å². The molecule has 2 aromatic rings. The molecule has 0 atom stereocenters. The third-order valence-electron chi connectivity index (χ3n) is 3.33. The zero-order valence-corrected chi connectivity index (χ0v) is 12.1. The Labute approximate surface area is 117 Å². The van der Waals surface area contributed by atoms with Gasteiger partial charge in [0.1, 0.15) is 5.52 Å². The summed E-state index contributed by atoms with van der Waals surface area (Å²) in [7, 11) is 0. The van der Waals surface area contributed by atoms with Crippen LogP contribution in [0.3, 0.4) is 0 Å². The van der Waals surface area contributed by atoms with E-state index in [1.165, 1.54) is 0 Å². The molecule has 1 aliphatic rings. The van der Waals surface area contributed by atoms with Crippen molar-refractivity contribution in [3.63, 3.8) is 0 Å². The Balaban J connectivity index is 2.02. The highest BCUT2D eigenvalue weighted by atomic mass is 16.5. The van der Waals surface area contributed by atoms with E-state index in [1.54, 1.807) is 6.33 Å². The van der Waals surface area contributed by atoms with Crippen LogP contribution >= 0.6 is 0 Å². The van der Waals surface area contributed by atoms with Crippen molar-refractivity contribution < 1.29 is 4.74 Å². The predicted octanol–water partition coefficient (Wildman–Crippen LogP) is 1.40. The number of nitrogens with zero attached hydrogens (tertiary/aromatic N) is 4. The van der Waals surface area contributed by atoms with Crippen LogP contribution in [-0.4, -0.2) is 51.8 Å². The number of hydrogen-bond acceptors (Lipinski definition) is 6. The first-order valence-electron chi connectivity index (χ1n) is 6.93. The standard InChI is InChI=1S/C13H20N6O/c1-4-14-12-17-10-9(15-8-16-10)11(18-12)19-5-6-20-13(2,3)7-19/h8H,4-7H2,1-3H3,(H2,14,15,16,17,18). The molecule has 7 nitrogen and oxygen atoms in total. The number of aromatic amines is 1. The number of hydrogen-bond donors (Lipinski definition) is 2. The predicted molar refractivity (Wildman–Crippen MR) is 78.1 cm³/mol. The van der Waals surface area contributed by atoms with Crippen LogP contribution in [0.5, 0.6) is 0 Å². The molecule has 3 heterocycles. The maximum atomic E-state index is 5.76. The minimum absolute atomic E-state index is 0.173. The second-order valence-corrected chi connectivity index (χ2v) is 5.53. The van der Waals surface area contributed by atoms with Crippen molar-refractivity contribution in [1.29, 1.82) is 0 Å². The Bertz CT molecular complexity index is 608. The molecule has 2 N–H and O–H groups in total. The van der Waals surface area contributed by atoms with Gasteiger partial charge < -0.3 is 19.9 Å². The lowest BCUT2D eigenvalue weighted by Crippen LogP contribution is -2.48. The van der Waals surface area contributed by atoms with E-state index in [2.05, 4.69) is 44.0 Å². The number of imidazole rings is 1. The Morgan fingerprint density at radius 1 is 1.45 bits per heavy atom. The third-order valence-corrected chi connectivity index (χ3v) is 3.33. The van der Waals surface area contributed by atoms with Crippen LogP contribution in [0.1, 0.15) is 20.8 Å². The molecule has 108 valence electrons. The van der Waals surface area contributed by atoms with Gasteiger partial charge in [0.25, 0.3) is 0 Å². The van der Waals surface area contributed by atoms with Gasteiger partial charge in [0.05, 0.1) is 18.5 Å². The third kappa shape index (κ3) is 2.40. The molecule has 0 bridgehead atoms. The molecule has 1 saturated heterocycles. The summed E-state index contributed by atoms with van der Waals surface area (Å²) >= 11 is 0. The zero-order chi connectivity index (χ0) is 14.2. The van der Waals surface area contributed by atoms with Crippen LogP contribution in [0.4, 0.5) is 11.8 Å². The summed E-state index contributed by atoms with van der Waals surface area (Å²) in [5, 5.41) is 3.16. The Morgan fingerprint density at radius 3 is 3.05 bits per heavy atom. The van der Waals surface area contributed by atoms with Crippen molar-refractivity contribution in [2.75, 3.05) is 36.5 Å². The number of ether oxygens (including phenoxy) is 1. The molecule has 20 heavy (non-hydrogen) atoms. The van der Waals surface area contributed by atoms with Crippen molar-refractivity contribution in [3.8, 4) is 0 Å². The summed E-state index contributed by atoms with van der Waals surface area (Å²) in [5.74, 6) is 1.51. The van der Waals surface area contributed by atoms with Crippen LogP contribution in [-0.2, 0) is 4.74 Å². The minimum atomic E-state index is -0.173. The fraction of sp³-hybridized carbons (Fsp3) is 0.615. The van der Waals surface area contributed by atoms with E-state index in [4.69, 9.17) is 4.74 Å². The maximum Gasteiger partial charge on any atom is 0.226 e. The maximum absolute atomic E-state index is 5.76. The topological polar surface area (TPSA) is 79.0 Å². The van der Waals surface area contributed by atoms with Crippen LogP contribution in [0.2, 0.25) is 0 Å². The lowest BCUT2D eigenvalue weighted by atomic mass is 10.1. The SMILES string of the molecule is CCNc1nc(N2CCOC(C)(C)C2)c2[nH]cnc2n1. The van der Waals surface area contributed by atoms with Crippen LogP contribution in [0, 0.1) is 0 Å². The van der Waals surface area contributed by atoms with Crippen molar-refractivity contribution in [2.24, 2.45) is 0 Å². The van der Waals surface area contributed by atoms with Crippen molar-refractivity contribution in [1.82, 2.24) is 19.9 Å². The number of nitrogens with one attached hydrogen (secondary N) is 2. The van der Waals surface area contributed by atoms with E-state index < -0.39 is 0 Å². The lowest BCUT2D eigenvalue weighted by Gasteiger charge is -2.38. The van der Waals surface area contributed by atoms with E-state index in [9.17, 15) is 0 Å². The molecule has 0 amide bonds. The van der Waals surface area contributed by atoms with Gasteiger partial charge in [-0.2, -0.15) is 9.97 Å². The van der Waals surface area contributed by atoms with Gasteiger partial charge in [0.2, 0.25) is 5.95 Å². The van der Waals surface area contributed by atoms with Gasteiger partial charge in [-0.3, -0.25) is 0 Å². The molecule has 1 fully saturated rings. The molecule has 3 rings (SSSR count). The highest BCUT2D eigenvalue weighted by Gasteiger charge is 2.29. The fourth-order valence-corrected chi connectivity index (χ4v) is 2.48. The van der Waals surface area contributed by atoms with Gasteiger partial charge in [-0.15, -0.1) is 0 Å². The Kier molecular flexibility index (Phi) is 3.21. The second-order valence-electron chi connectivity index (χ2n) is 5.53. The first-order valence-corrected chi connectivity index (χ1v) is 6.93. The molecule has 0 saturated carbocycles. The van der Waals surface area contributed by atoms with Gasteiger partial charge in [0, 0.05) is 19.6 Å². The molecule has 2 aromatic heterocycles. The zero-order valence-electron chi connectivity index (χ0n) is 12.1. The van der Waals surface area contributed by atoms with Crippen molar-refractivity contribution in [2.45, 2.75) is 26.4 Å². The largest absolute Gasteiger partial charge is 0.372 e.